The van der Waals surface area contributed by atoms with E-state index in [1.165, 1.54) is 17.7 Å². The summed E-state index contributed by atoms with van der Waals surface area (Å²) < 4.78 is 33.0. The lowest BCUT2D eigenvalue weighted by atomic mass is 9.99. The summed E-state index contributed by atoms with van der Waals surface area (Å²) in [5.41, 5.74) is 2.80. The van der Waals surface area contributed by atoms with Gasteiger partial charge in [-0.25, -0.2) is 13.8 Å². The zero-order chi connectivity index (χ0) is 22.0. The number of hydrogen-bond donors (Lipinski definition) is 1. The molecule has 0 spiro atoms. The lowest BCUT2D eigenvalue weighted by molar-refractivity contribution is 0.0943. The van der Waals surface area contributed by atoms with E-state index in [4.69, 9.17) is 4.74 Å². The molecule has 31 heavy (non-hydrogen) atoms. The van der Waals surface area contributed by atoms with E-state index >= 15 is 0 Å². The number of ether oxygens (including phenoxy) is 1. The minimum Gasteiger partial charge on any atom is -0.497 e. The van der Waals surface area contributed by atoms with Crippen LogP contribution in [0.15, 0.2) is 67.0 Å². The molecule has 1 N–H and O–H groups in total. The third-order valence-corrected chi connectivity index (χ3v) is 5.09. The zero-order valence-electron chi connectivity index (χ0n) is 16.9. The molecule has 6 nitrogen and oxygen atoms in total. The molecule has 2 aromatic carbocycles. The molecular weight excluding hydrogens is 402 g/mol. The van der Waals surface area contributed by atoms with Crippen molar-refractivity contribution >= 4 is 16.9 Å². The van der Waals surface area contributed by atoms with Crippen LogP contribution in [0.4, 0.5) is 8.78 Å². The first-order chi connectivity index (χ1) is 15.0. The van der Waals surface area contributed by atoms with Gasteiger partial charge in [0.2, 0.25) is 0 Å². The second kappa shape index (κ2) is 8.51. The summed E-state index contributed by atoms with van der Waals surface area (Å²) in [6.07, 6.45) is 0.642. The highest BCUT2D eigenvalue weighted by molar-refractivity contribution is 5.97. The minimum absolute atomic E-state index is 0.322. The number of alkyl halides is 2. The van der Waals surface area contributed by atoms with Crippen LogP contribution in [0.1, 0.15) is 39.8 Å². The third-order valence-electron chi connectivity index (χ3n) is 5.09. The van der Waals surface area contributed by atoms with Crippen LogP contribution in [-0.4, -0.2) is 27.6 Å². The van der Waals surface area contributed by atoms with Crippen LogP contribution in [0.25, 0.3) is 11.0 Å². The number of aryl methyl sites for hydroxylation is 1. The fourth-order valence-electron chi connectivity index (χ4n) is 3.50. The van der Waals surface area contributed by atoms with Crippen molar-refractivity contribution in [2.24, 2.45) is 7.05 Å². The number of nitrogens with zero attached hydrogens (tertiary/aromatic N) is 3. The number of nitrogens with one attached hydrogen (secondary N) is 1. The van der Waals surface area contributed by atoms with Crippen LogP contribution >= 0.6 is 0 Å². The Kier molecular flexibility index (Phi) is 5.62. The Balaban J connectivity index is 1.69. The van der Waals surface area contributed by atoms with Crippen LogP contribution in [-0.2, 0) is 7.05 Å². The largest absolute Gasteiger partial charge is 0.497 e. The first-order valence-corrected chi connectivity index (χ1v) is 9.57. The highest BCUT2D eigenvalue weighted by atomic mass is 19.3. The lowest BCUT2D eigenvalue weighted by Crippen LogP contribution is -2.29. The molecule has 0 unspecified atom stereocenters. The second-order valence-electron chi connectivity index (χ2n) is 7.00. The van der Waals surface area contributed by atoms with Gasteiger partial charge in [0.1, 0.15) is 5.75 Å². The van der Waals surface area contributed by atoms with E-state index in [1.807, 2.05) is 30.3 Å². The number of imidazole rings is 1. The van der Waals surface area contributed by atoms with E-state index in [2.05, 4.69) is 15.3 Å². The summed E-state index contributed by atoms with van der Waals surface area (Å²) in [4.78, 5) is 21.2. The molecule has 0 aliphatic carbocycles. The summed E-state index contributed by atoms with van der Waals surface area (Å²) in [5.74, 6) is -0.0323. The normalized spacial score (nSPS) is 12.2. The van der Waals surface area contributed by atoms with E-state index in [9.17, 15) is 13.6 Å². The maximum absolute atomic E-state index is 13.2. The van der Waals surface area contributed by atoms with E-state index in [-0.39, 0.29) is 11.7 Å². The molecule has 0 saturated carbocycles. The maximum atomic E-state index is 13.2. The van der Waals surface area contributed by atoms with E-state index in [1.54, 1.807) is 37.7 Å². The van der Waals surface area contributed by atoms with Gasteiger partial charge in [-0.2, -0.15) is 0 Å². The Morgan fingerprint density at radius 3 is 2.61 bits per heavy atom. The Hall–Kier alpha value is -3.81. The highest BCUT2D eigenvalue weighted by Crippen LogP contribution is 2.27. The van der Waals surface area contributed by atoms with Gasteiger partial charge in [0.25, 0.3) is 12.3 Å². The zero-order valence-corrected chi connectivity index (χ0v) is 16.9. The van der Waals surface area contributed by atoms with Gasteiger partial charge < -0.3 is 14.6 Å². The molecule has 2 aromatic heterocycles. The number of methoxy groups -OCH3 is 1. The van der Waals surface area contributed by atoms with Crippen molar-refractivity contribution in [1.82, 2.24) is 19.9 Å². The molecule has 1 amide bonds. The monoisotopic (exact) mass is 422 g/mol. The summed E-state index contributed by atoms with van der Waals surface area (Å²) in [6, 6.07) is 15.3. The smallest absolute Gasteiger partial charge is 0.295 e. The van der Waals surface area contributed by atoms with Crippen molar-refractivity contribution in [2.75, 3.05) is 7.11 Å². The Labute approximate surface area is 177 Å². The van der Waals surface area contributed by atoms with Gasteiger partial charge in [0.15, 0.2) is 5.82 Å². The molecule has 0 fully saturated rings. The van der Waals surface area contributed by atoms with Crippen molar-refractivity contribution in [2.45, 2.75) is 12.5 Å². The van der Waals surface area contributed by atoms with E-state index < -0.39 is 12.5 Å². The number of benzene rings is 2. The predicted molar refractivity (Wildman–Crippen MR) is 112 cm³/mol. The molecule has 0 aliphatic heterocycles. The molecule has 0 radical (unpaired) electrons. The number of rotatable bonds is 6. The molecule has 2 heterocycles. The summed E-state index contributed by atoms with van der Waals surface area (Å²) in [5, 5.41) is 3.01. The maximum Gasteiger partial charge on any atom is 0.295 e. The van der Waals surface area contributed by atoms with Gasteiger partial charge in [-0.1, -0.05) is 18.2 Å². The topological polar surface area (TPSA) is 69.0 Å². The van der Waals surface area contributed by atoms with Crippen LogP contribution in [0.5, 0.6) is 5.75 Å². The standard InChI is InChI=1S/C23H20F2N4O2/c1-29-19-9-8-15(12-18(19)27-22(29)21(24)25)23(30)28-20(16-6-4-10-26-13-16)14-5-3-7-17(11-14)31-2/h3-13,20-21H,1-2H3,(H,28,30)/t20-/m0/s1. The number of fused-ring (bicyclic) bond motifs is 1. The van der Waals surface area contributed by atoms with Gasteiger partial charge >= 0.3 is 0 Å². The van der Waals surface area contributed by atoms with E-state index in [0.29, 0.717) is 22.3 Å². The van der Waals surface area contributed by atoms with Crippen LogP contribution in [0.2, 0.25) is 0 Å². The van der Waals surface area contributed by atoms with Gasteiger partial charge in [-0.15, -0.1) is 0 Å². The van der Waals surface area contributed by atoms with Crippen molar-refractivity contribution in [3.05, 3.63) is 89.5 Å². The molecule has 4 rings (SSSR count). The number of hydrogen-bond acceptors (Lipinski definition) is 4. The van der Waals surface area contributed by atoms with Crippen molar-refractivity contribution < 1.29 is 18.3 Å². The van der Waals surface area contributed by atoms with Gasteiger partial charge in [0, 0.05) is 25.0 Å². The second-order valence-corrected chi connectivity index (χ2v) is 7.00. The molecule has 1 atom stereocenters. The SMILES string of the molecule is COc1cccc([C@H](NC(=O)c2ccc3c(c2)nc(C(F)F)n3C)c2cccnc2)c1. The van der Waals surface area contributed by atoms with Crippen LogP contribution in [0, 0.1) is 0 Å². The summed E-state index contributed by atoms with van der Waals surface area (Å²) in [7, 11) is 3.10. The minimum atomic E-state index is -2.70. The van der Waals surface area contributed by atoms with Crippen molar-refractivity contribution in [3.8, 4) is 5.75 Å². The molecule has 0 saturated heterocycles. The predicted octanol–water partition coefficient (Wildman–Crippen LogP) is 4.43. The van der Waals surface area contributed by atoms with Crippen molar-refractivity contribution in [1.29, 1.82) is 0 Å². The first kappa shape index (κ1) is 20.5. The van der Waals surface area contributed by atoms with Gasteiger partial charge in [-0.3, -0.25) is 9.78 Å². The molecule has 0 aliphatic rings. The number of halogens is 2. The van der Waals surface area contributed by atoms with Crippen molar-refractivity contribution in [3.63, 3.8) is 0 Å². The number of amides is 1. The number of pyridine rings is 1. The molecule has 8 heteroatoms. The summed E-state index contributed by atoms with van der Waals surface area (Å²) in [6.45, 7) is 0. The first-order valence-electron chi connectivity index (χ1n) is 9.57. The third kappa shape index (κ3) is 4.09. The van der Waals surface area contributed by atoms with E-state index in [0.717, 1.165) is 11.1 Å². The fraction of sp³-hybridized carbons (Fsp3) is 0.174. The quantitative estimate of drug-likeness (QED) is 0.499. The number of carbonyl (C=O) groups is 1. The Morgan fingerprint density at radius 2 is 1.90 bits per heavy atom. The molecule has 158 valence electrons. The average molecular weight is 422 g/mol. The molecular formula is C23H20F2N4O2. The highest BCUT2D eigenvalue weighted by Gasteiger charge is 2.21. The Bertz CT molecular complexity index is 1220. The Morgan fingerprint density at radius 1 is 1.10 bits per heavy atom. The number of aromatic nitrogens is 3. The summed E-state index contributed by atoms with van der Waals surface area (Å²) >= 11 is 0. The van der Waals surface area contributed by atoms with Gasteiger partial charge in [0.05, 0.1) is 24.2 Å². The lowest BCUT2D eigenvalue weighted by Gasteiger charge is -2.20. The molecule has 4 aromatic rings. The molecule has 0 bridgehead atoms. The average Bonchev–Trinajstić information content (AvgIpc) is 3.14. The van der Waals surface area contributed by atoms with Gasteiger partial charge in [-0.05, 0) is 47.5 Å². The fourth-order valence-corrected chi connectivity index (χ4v) is 3.50. The van der Waals surface area contributed by atoms with Crippen LogP contribution < -0.4 is 10.1 Å². The number of carbonyl (C=O) groups excluding carboxylic acids is 1. The van der Waals surface area contributed by atoms with Crippen LogP contribution in [0.3, 0.4) is 0 Å².